The number of ether oxygens (including phenoxy) is 1. The quantitative estimate of drug-likeness (QED) is 0.0383. The largest absolute Gasteiger partial charge is 0.481 e. The number of hydrogen-bond donors (Lipinski definition) is 9. The lowest BCUT2D eigenvalue weighted by Gasteiger charge is -2.30. The maximum absolute atomic E-state index is 12.7. The molecule has 0 radical (unpaired) electrons. The first kappa shape index (κ1) is 47.6. The van der Waals surface area contributed by atoms with Crippen LogP contribution < -0.4 is 16.4 Å². The van der Waals surface area contributed by atoms with Gasteiger partial charge in [0.25, 0.3) is 0 Å². The van der Waals surface area contributed by atoms with Gasteiger partial charge in [-0.3, -0.25) is 37.3 Å². The molecule has 2 amide bonds. The molecule has 1 aliphatic rings. The number of imidazole rings is 1. The SMILES string of the molecule is CCCC(=O)CC(=O)SCCNC(=O)CCNC(=O)[C@H](O)C(C)(C)COP(=O)(O)OP(=O)(O)OC[C@H]1O[C@@H](n2cnc3c(N)ncnc32)C(O)[C@H]1OP(=O)(O)O. The molecule has 56 heavy (non-hydrogen) atoms. The predicted molar refractivity (Wildman–Crippen MR) is 192 cm³/mol. The van der Waals surface area contributed by atoms with E-state index in [-0.39, 0.29) is 59.6 Å². The van der Waals surface area contributed by atoms with E-state index in [1.54, 1.807) is 0 Å². The highest BCUT2D eigenvalue weighted by molar-refractivity contribution is 8.13. The van der Waals surface area contributed by atoms with E-state index < -0.39 is 84.6 Å². The van der Waals surface area contributed by atoms with Gasteiger partial charge in [-0.25, -0.2) is 28.6 Å². The van der Waals surface area contributed by atoms with E-state index in [1.807, 2.05) is 6.92 Å². The first-order valence-corrected chi connectivity index (χ1v) is 22.0. The van der Waals surface area contributed by atoms with Crippen LogP contribution in [-0.4, -0.2) is 128 Å². The van der Waals surface area contributed by atoms with Crippen LogP contribution in [0.2, 0.25) is 0 Å². The number of aliphatic hydroxyl groups is 2. The number of phosphoric ester groups is 3. The summed E-state index contributed by atoms with van der Waals surface area (Å²) in [5.74, 6) is -1.47. The van der Waals surface area contributed by atoms with Crippen LogP contribution in [-0.2, 0) is 55.5 Å². The van der Waals surface area contributed by atoms with E-state index in [1.165, 1.54) is 13.8 Å². The number of rotatable bonds is 23. The first-order valence-electron chi connectivity index (χ1n) is 16.5. The number of thioether (sulfide) groups is 1. The van der Waals surface area contributed by atoms with Crippen molar-refractivity contribution >= 4 is 74.9 Å². The Hall–Kier alpha value is -2.77. The zero-order chi connectivity index (χ0) is 42.1. The molecule has 25 nitrogen and oxygen atoms in total. The molecule has 29 heteroatoms. The van der Waals surface area contributed by atoms with Crippen LogP contribution in [0.1, 0.15) is 52.7 Å². The molecule has 1 aliphatic heterocycles. The summed E-state index contributed by atoms with van der Waals surface area (Å²) in [6.07, 6.45) is -6.25. The number of Topliss-reactive ketones (excluding diaryl/α,β-unsaturated/α-hetero) is 1. The first-order chi connectivity index (χ1) is 25.9. The van der Waals surface area contributed by atoms with Gasteiger partial charge < -0.3 is 50.9 Å². The van der Waals surface area contributed by atoms with E-state index in [9.17, 15) is 62.7 Å². The number of fused-ring (bicyclic) bond motifs is 1. The van der Waals surface area contributed by atoms with E-state index in [2.05, 4.69) is 34.4 Å². The van der Waals surface area contributed by atoms with Gasteiger partial charge in [-0.2, -0.15) is 4.31 Å². The van der Waals surface area contributed by atoms with Crippen molar-refractivity contribution in [2.75, 3.05) is 37.8 Å². The zero-order valence-electron chi connectivity index (χ0n) is 30.1. The number of ketones is 1. The van der Waals surface area contributed by atoms with Crippen molar-refractivity contribution in [3.05, 3.63) is 12.7 Å². The molecule has 0 saturated carbocycles. The number of nitrogens with two attached hydrogens (primary N) is 1. The minimum Gasteiger partial charge on any atom is -0.386 e. The third-order valence-corrected chi connectivity index (χ3v) is 11.6. The number of carbonyl (C=O) groups excluding carboxylic acids is 4. The van der Waals surface area contributed by atoms with Crippen LogP contribution in [0, 0.1) is 5.41 Å². The van der Waals surface area contributed by atoms with E-state index in [0.29, 0.717) is 12.8 Å². The molecule has 0 spiro atoms. The van der Waals surface area contributed by atoms with Crippen LogP contribution in [0.15, 0.2) is 12.7 Å². The highest BCUT2D eigenvalue weighted by atomic mass is 32.2. The summed E-state index contributed by atoms with van der Waals surface area (Å²) in [6.45, 7) is 2.14. The number of carbonyl (C=O) groups is 4. The summed E-state index contributed by atoms with van der Waals surface area (Å²) >= 11 is 0.904. The molecule has 2 aromatic rings. The van der Waals surface area contributed by atoms with Gasteiger partial charge in [0.2, 0.25) is 11.8 Å². The van der Waals surface area contributed by atoms with Crippen molar-refractivity contribution < 1.29 is 85.3 Å². The number of anilines is 1. The molecule has 0 aliphatic carbocycles. The number of hydrogen-bond acceptors (Lipinski definition) is 19. The fourth-order valence-electron chi connectivity index (χ4n) is 4.87. The lowest BCUT2D eigenvalue weighted by Crippen LogP contribution is -2.46. The van der Waals surface area contributed by atoms with Gasteiger partial charge in [-0.05, 0) is 6.42 Å². The molecule has 10 N–H and O–H groups in total. The summed E-state index contributed by atoms with van der Waals surface area (Å²) in [5.41, 5.74) is 4.23. The van der Waals surface area contributed by atoms with Crippen LogP contribution in [0.5, 0.6) is 0 Å². The molecule has 1 fully saturated rings. The normalized spacial score (nSPS) is 21.6. The minimum atomic E-state index is -5.58. The van der Waals surface area contributed by atoms with Gasteiger partial charge in [-0.1, -0.05) is 32.5 Å². The van der Waals surface area contributed by atoms with E-state index in [0.717, 1.165) is 29.0 Å². The summed E-state index contributed by atoms with van der Waals surface area (Å²) in [5, 5.41) is 25.9. The average molecular weight is 880 g/mol. The smallest absolute Gasteiger partial charge is 0.386 e. The molecule has 0 aromatic carbocycles. The van der Waals surface area contributed by atoms with Crippen LogP contribution >= 0.6 is 35.2 Å². The summed E-state index contributed by atoms with van der Waals surface area (Å²) in [7, 11) is -16.4. The number of phosphoric acid groups is 3. The van der Waals surface area contributed by atoms with Crippen molar-refractivity contribution in [3.63, 3.8) is 0 Å². The number of amides is 2. The molecule has 316 valence electrons. The Balaban J connectivity index is 1.48. The third kappa shape index (κ3) is 14.6. The lowest BCUT2D eigenvalue weighted by atomic mass is 9.87. The molecule has 2 aromatic heterocycles. The Labute approximate surface area is 322 Å². The number of nitrogen functional groups attached to an aromatic ring is 1. The van der Waals surface area contributed by atoms with Gasteiger partial charge in [0.1, 0.15) is 42.0 Å². The number of nitrogens with zero attached hydrogens (tertiary/aromatic N) is 4. The zero-order valence-corrected chi connectivity index (χ0v) is 33.6. The second-order valence-electron chi connectivity index (χ2n) is 12.8. The standard InChI is InChI=1S/C27H44N7O18P3S/c1-4-5-15(35)10-18(37)56-9-8-29-17(36)6-7-30-25(40)22(39)27(2,3)12-49-55(46,47)52-54(44,45)48-11-16-21(51-53(41,42)43)20(38)26(50-16)34-14-33-19-23(28)31-13-32-24(19)34/h13-14,16,20-22,26,38-39H,4-12H2,1-3H3,(H,29,36)(H,30,40)(H,44,45)(H,46,47)(H2,28,31,32)(H2,41,42,43)/t16-,20?,21+,22+,26-/m1/s1. The van der Waals surface area contributed by atoms with Crippen molar-refractivity contribution in [2.24, 2.45) is 5.41 Å². The molecular weight excluding hydrogens is 835 g/mol. The Morgan fingerprint density at radius 1 is 1.04 bits per heavy atom. The highest BCUT2D eigenvalue weighted by Crippen LogP contribution is 2.61. The highest BCUT2D eigenvalue weighted by Gasteiger charge is 2.50. The lowest BCUT2D eigenvalue weighted by molar-refractivity contribution is -0.137. The molecule has 1 saturated heterocycles. The fourth-order valence-corrected chi connectivity index (χ4v) is 8.40. The summed E-state index contributed by atoms with van der Waals surface area (Å²) in [6, 6.07) is 0. The molecule has 3 heterocycles. The van der Waals surface area contributed by atoms with Crippen molar-refractivity contribution in [3.8, 4) is 0 Å². The van der Waals surface area contributed by atoms with Crippen molar-refractivity contribution in [1.29, 1.82) is 0 Å². The monoisotopic (exact) mass is 879 g/mol. The average Bonchev–Trinajstić information content (AvgIpc) is 3.64. The van der Waals surface area contributed by atoms with Crippen molar-refractivity contribution in [2.45, 2.75) is 77.1 Å². The molecule has 0 bridgehead atoms. The molecule has 3 unspecified atom stereocenters. The molecule has 3 rings (SSSR count). The van der Waals surface area contributed by atoms with Gasteiger partial charge in [0.05, 0.1) is 26.0 Å². The maximum atomic E-state index is 12.7. The van der Waals surface area contributed by atoms with Gasteiger partial charge >= 0.3 is 23.5 Å². The van der Waals surface area contributed by atoms with Crippen LogP contribution in [0.3, 0.4) is 0 Å². The van der Waals surface area contributed by atoms with E-state index >= 15 is 0 Å². The summed E-state index contributed by atoms with van der Waals surface area (Å²) in [4.78, 5) is 98.8. The second kappa shape index (κ2) is 20.3. The van der Waals surface area contributed by atoms with Gasteiger partial charge in [0.15, 0.2) is 22.8 Å². The number of aromatic nitrogens is 4. The van der Waals surface area contributed by atoms with Gasteiger partial charge in [0, 0.05) is 37.1 Å². The maximum Gasteiger partial charge on any atom is 0.481 e. The molecule has 7 atom stereocenters. The van der Waals surface area contributed by atoms with Crippen LogP contribution in [0.25, 0.3) is 11.2 Å². The van der Waals surface area contributed by atoms with Crippen LogP contribution in [0.4, 0.5) is 5.82 Å². The van der Waals surface area contributed by atoms with E-state index in [4.69, 9.17) is 19.5 Å². The molecular formula is C27H44N7O18P3S. The minimum absolute atomic E-state index is 0.0245. The third-order valence-electron chi connectivity index (χ3n) is 7.64. The Kier molecular flexibility index (Phi) is 17.2. The predicted octanol–water partition coefficient (Wildman–Crippen LogP) is -0.576. The Morgan fingerprint density at radius 2 is 1.71 bits per heavy atom. The summed E-state index contributed by atoms with van der Waals surface area (Å²) < 4.78 is 62.0. The topological polar surface area (TPSA) is 381 Å². The Bertz CT molecular complexity index is 1860. The second-order valence-corrected chi connectivity index (χ2v) is 18.1. The fraction of sp³-hybridized carbons (Fsp3) is 0.667. The van der Waals surface area contributed by atoms with Crippen molar-refractivity contribution in [1.82, 2.24) is 30.2 Å². The number of aliphatic hydroxyl groups excluding tert-OH is 2. The van der Waals surface area contributed by atoms with Gasteiger partial charge in [-0.15, -0.1) is 0 Å². The Morgan fingerprint density at radius 3 is 2.38 bits per heavy atom. The number of nitrogens with one attached hydrogen (secondary N) is 2.